The number of aryl methyl sites for hydroxylation is 3. The highest BCUT2D eigenvalue weighted by Crippen LogP contribution is 2.18. The van der Waals surface area contributed by atoms with Crippen LogP contribution in [-0.2, 0) is 20.0 Å². The van der Waals surface area contributed by atoms with Gasteiger partial charge in [-0.2, -0.15) is 5.10 Å². The lowest BCUT2D eigenvalue weighted by Gasteiger charge is -2.02. The summed E-state index contributed by atoms with van der Waals surface area (Å²) in [5.41, 5.74) is 0.440. The Bertz CT molecular complexity index is 629. The molecule has 1 aromatic carbocycles. The molecule has 0 aliphatic rings. The van der Waals surface area contributed by atoms with Gasteiger partial charge in [0.15, 0.2) is 0 Å². The van der Waals surface area contributed by atoms with Gasteiger partial charge in [-0.3, -0.25) is 14.7 Å². The zero-order valence-corrected chi connectivity index (χ0v) is 9.81. The van der Waals surface area contributed by atoms with E-state index >= 15 is 0 Å². The van der Waals surface area contributed by atoms with Crippen molar-refractivity contribution in [1.82, 2.24) is 14.3 Å². The molecule has 94 valence electrons. The fraction of sp³-hybridized carbons (Fsp3) is 0.273. The van der Waals surface area contributed by atoms with E-state index in [-0.39, 0.29) is 11.4 Å². The van der Waals surface area contributed by atoms with Gasteiger partial charge in [-0.1, -0.05) is 18.2 Å². The molecule has 0 radical (unpaired) electrons. The largest absolute Gasteiger partial charge is 0.345 e. The number of nitro groups is 1. The molecule has 7 heteroatoms. The Morgan fingerprint density at radius 1 is 1.39 bits per heavy atom. The Morgan fingerprint density at radius 2 is 2.11 bits per heavy atom. The van der Waals surface area contributed by atoms with Crippen molar-refractivity contribution in [3.8, 4) is 0 Å². The molecule has 0 atom stereocenters. The van der Waals surface area contributed by atoms with Crippen LogP contribution in [0.1, 0.15) is 5.56 Å². The van der Waals surface area contributed by atoms with E-state index in [1.54, 1.807) is 25.2 Å². The van der Waals surface area contributed by atoms with Crippen LogP contribution >= 0.6 is 0 Å². The molecule has 1 heterocycles. The summed E-state index contributed by atoms with van der Waals surface area (Å²) in [5, 5.41) is 14.7. The molecule has 0 N–H and O–H groups in total. The van der Waals surface area contributed by atoms with Crippen LogP contribution < -0.4 is 5.69 Å². The average Bonchev–Trinajstić information content (AvgIpc) is 2.68. The minimum absolute atomic E-state index is 0.0708. The van der Waals surface area contributed by atoms with Crippen molar-refractivity contribution in [3.63, 3.8) is 0 Å². The lowest BCUT2D eigenvalue weighted by Crippen LogP contribution is -2.23. The molecule has 0 aliphatic heterocycles. The molecule has 7 nitrogen and oxygen atoms in total. The molecule has 18 heavy (non-hydrogen) atoms. The Hall–Kier alpha value is -2.44. The molecule has 0 saturated heterocycles. The fourth-order valence-corrected chi connectivity index (χ4v) is 1.70. The van der Waals surface area contributed by atoms with Gasteiger partial charge in [0.05, 0.1) is 11.5 Å². The first kappa shape index (κ1) is 12.0. The zero-order chi connectivity index (χ0) is 13.1. The van der Waals surface area contributed by atoms with E-state index in [4.69, 9.17) is 0 Å². The second-order valence-corrected chi connectivity index (χ2v) is 3.88. The maximum absolute atomic E-state index is 11.5. The number of benzene rings is 1. The predicted octanol–water partition coefficient (Wildman–Crippen LogP) is 0.733. The molecular formula is C11H12N4O3. The molecule has 0 aliphatic carbocycles. The molecule has 0 fully saturated rings. The number of nitrogens with zero attached hydrogens (tertiary/aromatic N) is 4. The third-order valence-electron chi connectivity index (χ3n) is 2.67. The van der Waals surface area contributed by atoms with Crippen LogP contribution in [0.25, 0.3) is 0 Å². The predicted molar refractivity (Wildman–Crippen MR) is 64.3 cm³/mol. The van der Waals surface area contributed by atoms with Gasteiger partial charge in [0, 0.05) is 18.7 Å². The minimum Gasteiger partial charge on any atom is -0.285 e. The Labute approximate surface area is 102 Å². The maximum Gasteiger partial charge on any atom is 0.345 e. The quantitative estimate of drug-likeness (QED) is 0.590. The molecule has 2 aromatic rings. The Balaban J connectivity index is 2.18. The molecule has 2 rings (SSSR count). The summed E-state index contributed by atoms with van der Waals surface area (Å²) in [6, 6.07) is 6.50. The first-order valence-electron chi connectivity index (χ1n) is 5.40. The van der Waals surface area contributed by atoms with Gasteiger partial charge in [-0.15, -0.1) is 0 Å². The van der Waals surface area contributed by atoms with Crippen LogP contribution in [0.4, 0.5) is 5.69 Å². The number of nitro benzene ring substituents is 1. The Kier molecular flexibility index (Phi) is 3.22. The summed E-state index contributed by atoms with van der Waals surface area (Å²) in [6.45, 7) is 0.324. The van der Waals surface area contributed by atoms with Crippen molar-refractivity contribution in [2.75, 3.05) is 0 Å². The fourth-order valence-electron chi connectivity index (χ4n) is 1.70. The summed E-state index contributed by atoms with van der Waals surface area (Å²) in [7, 11) is 1.61. The third-order valence-corrected chi connectivity index (χ3v) is 2.67. The third kappa shape index (κ3) is 2.29. The van der Waals surface area contributed by atoms with Gasteiger partial charge < -0.3 is 0 Å². The van der Waals surface area contributed by atoms with Crippen LogP contribution in [0.2, 0.25) is 0 Å². The molecular weight excluding hydrogens is 236 g/mol. The van der Waals surface area contributed by atoms with Gasteiger partial charge in [0.1, 0.15) is 6.33 Å². The van der Waals surface area contributed by atoms with Crippen molar-refractivity contribution in [2.24, 2.45) is 7.05 Å². The highest BCUT2D eigenvalue weighted by Gasteiger charge is 2.12. The summed E-state index contributed by atoms with van der Waals surface area (Å²) in [4.78, 5) is 21.9. The first-order chi connectivity index (χ1) is 8.59. The summed E-state index contributed by atoms with van der Waals surface area (Å²) in [6.07, 6.45) is 1.82. The van der Waals surface area contributed by atoms with Crippen LogP contribution in [0.3, 0.4) is 0 Å². The van der Waals surface area contributed by atoms with Crippen LogP contribution in [0.5, 0.6) is 0 Å². The van der Waals surface area contributed by atoms with Crippen molar-refractivity contribution in [1.29, 1.82) is 0 Å². The van der Waals surface area contributed by atoms with Gasteiger partial charge in [-0.05, 0) is 6.42 Å². The zero-order valence-electron chi connectivity index (χ0n) is 9.81. The van der Waals surface area contributed by atoms with E-state index in [9.17, 15) is 14.9 Å². The molecule has 1 aromatic heterocycles. The summed E-state index contributed by atoms with van der Waals surface area (Å²) in [5.74, 6) is 0. The van der Waals surface area contributed by atoms with Gasteiger partial charge in [-0.25, -0.2) is 9.48 Å². The first-order valence-corrected chi connectivity index (χ1v) is 5.40. The summed E-state index contributed by atoms with van der Waals surface area (Å²) >= 11 is 0. The molecule has 0 spiro atoms. The average molecular weight is 248 g/mol. The highest BCUT2D eigenvalue weighted by atomic mass is 16.6. The van der Waals surface area contributed by atoms with Gasteiger partial charge in [0.2, 0.25) is 0 Å². The van der Waals surface area contributed by atoms with E-state index in [1.807, 2.05) is 0 Å². The number of hydrogen-bond acceptors (Lipinski definition) is 4. The molecule has 0 amide bonds. The van der Waals surface area contributed by atoms with Crippen LogP contribution in [0.15, 0.2) is 35.4 Å². The molecule has 0 unspecified atom stereocenters. The van der Waals surface area contributed by atoms with Gasteiger partial charge in [0.25, 0.3) is 5.69 Å². The standard InChI is InChI=1S/C11H12N4O3/c1-13-8-12-14(11(13)16)7-6-9-4-2-3-5-10(9)15(17)18/h2-5,8H,6-7H2,1H3. The van der Waals surface area contributed by atoms with E-state index in [0.717, 1.165) is 0 Å². The smallest absolute Gasteiger partial charge is 0.285 e. The molecule has 0 bridgehead atoms. The van der Waals surface area contributed by atoms with Crippen LogP contribution in [0, 0.1) is 10.1 Å². The monoisotopic (exact) mass is 248 g/mol. The normalized spacial score (nSPS) is 10.5. The van der Waals surface area contributed by atoms with Crippen molar-refractivity contribution in [2.45, 2.75) is 13.0 Å². The topological polar surface area (TPSA) is 83.0 Å². The summed E-state index contributed by atoms with van der Waals surface area (Å²) < 4.78 is 2.65. The second-order valence-electron chi connectivity index (χ2n) is 3.88. The SMILES string of the molecule is Cn1cnn(CCc2ccccc2[N+](=O)[O-])c1=O. The van der Waals surface area contributed by atoms with E-state index in [1.165, 1.54) is 21.6 Å². The van der Waals surface area contributed by atoms with E-state index < -0.39 is 4.92 Å². The van der Waals surface area contributed by atoms with Gasteiger partial charge >= 0.3 is 5.69 Å². The lowest BCUT2D eigenvalue weighted by molar-refractivity contribution is -0.385. The van der Waals surface area contributed by atoms with E-state index in [2.05, 4.69) is 5.10 Å². The lowest BCUT2D eigenvalue weighted by atomic mass is 10.1. The van der Waals surface area contributed by atoms with Crippen LogP contribution in [-0.4, -0.2) is 19.3 Å². The van der Waals surface area contributed by atoms with E-state index in [0.29, 0.717) is 18.5 Å². The maximum atomic E-state index is 11.5. The molecule has 0 saturated carbocycles. The highest BCUT2D eigenvalue weighted by molar-refractivity contribution is 5.39. The van der Waals surface area contributed by atoms with Crippen molar-refractivity contribution < 1.29 is 4.92 Å². The second kappa shape index (κ2) is 4.82. The van der Waals surface area contributed by atoms with Crippen molar-refractivity contribution >= 4 is 5.69 Å². The Morgan fingerprint density at radius 3 is 2.72 bits per heavy atom. The number of hydrogen-bond donors (Lipinski definition) is 0. The number of rotatable bonds is 4. The minimum atomic E-state index is -0.420. The van der Waals surface area contributed by atoms with Crippen molar-refractivity contribution in [3.05, 3.63) is 56.8 Å². The number of aromatic nitrogens is 3. The number of para-hydroxylation sites is 1.